The summed E-state index contributed by atoms with van der Waals surface area (Å²) in [5, 5.41) is 0. The zero-order chi connectivity index (χ0) is 55.7. The van der Waals surface area contributed by atoms with E-state index in [0.717, 1.165) is 161 Å². The molecule has 0 aliphatic rings. The third-order valence-corrected chi connectivity index (χ3v) is 12.5. The molecule has 0 aromatic rings. The summed E-state index contributed by atoms with van der Waals surface area (Å²) < 4.78 is 16.8. The minimum Gasteiger partial charge on any atom is -0.462 e. The minimum absolute atomic E-state index is 0.103. The molecule has 0 aliphatic carbocycles. The van der Waals surface area contributed by atoms with E-state index < -0.39 is 6.10 Å². The molecule has 0 heterocycles. The van der Waals surface area contributed by atoms with Crippen LogP contribution in [0.5, 0.6) is 0 Å². The number of carbonyl (C=O) groups is 3. The fraction of sp³-hybridized carbons (Fsp3) is 0.592. The van der Waals surface area contributed by atoms with Gasteiger partial charge in [-0.3, -0.25) is 14.4 Å². The fourth-order valence-corrected chi connectivity index (χ4v) is 7.95. The third-order valence-electron chi connectivity index (χ3n) is 12.5. The number of hydrogen-bond donors (Lipinski definition) is 0. The highest BCUT2D eigenvalue weighted by molar-refractivity contribution is 5.71. The van der Waals surface area contributed by atoms with E-state index in [1.54, 1.807) is 0 Å². The first-order chi connectivity index (χ1) is 38.0. The lowest BCUT2D eigenvalue weighted by atomic mass is 10.1. The number of hydrogen-bond acceptors (Lipinski definition) is 6. The maximum Gasteiger partial charge on any atom is 0.306 e. The van der Waals surface area contributed by atoms with Gasteiger partial charge in [0, 0.05) is 19.3 Å². The Balaban J connectivity index is 4.40. The minimum atomic E-state index is -0.811. The zero-order valence-electron chi connectivity index (χ0n) is 49.4. The Morgan fingerprint density at radius 1 is 0.273 bits per heavy atom. The van der Waals surface area contributed by atoms with Crippen molar-refractivity contribution in [3.63, 3.8) is 0 Å². The standard InChI is InChI=1S/C71H112O6/c1-4-7-10-13-16-19-22-24-26-28-29-30-31-32-33-34-35-36-37-38-39-40-41-43-44-46-49-52-55-58-61-64-70(73)76-67-68(66-75-69(72)63-60-57-54-51-48-21-18-15-12-9-6-3)77-71(74)65-62-59-56-53-50-47-45-42-27-25-23-20-17-14-11-8-5-2/h7-8,10-11,16-17,19-20,24-27,29-30,32-33,35-36,38-39,41,43,45-47,49,68H,4-6,9,12-15,18,21-23,28,31,34,37,40,42,44,48,50-67H2,1-3H3/b10-7-,11-8-,19-16-,20-17-,26-24-,27-25-,30-29-,33-32-,36-35-,39-38-,43-41-,47-45-,49-46-. The zero-order valence-corrected chi connectivity index (χ0v) is 49.4. The lowest BCUT2D eigenvalue weighted by Gasteiger charge is -2.18. The van der Waals surface area contributed by atoms with Crippen LogP contribution in [0.4, 0.5) is 0 Å². The molecule has 432 valence electrons. The molecule has 1 atom stereocenters. The first-order valence-electron chi connectivity index (χ1n) is 31.0. The Morgan fingerprint density at radius 3 is 0.805 bits per heavy atom. The van der Waals surface area contributed by atoms with Crippen LogP contribution in [-0.4, -0.2) is 37.2 Å². The highest BCUT2D eigenvalue weighted by atomic mass is 16.6. The van der Waals surface area contributed by atoms with Crippen LogP contribution in [0.15, 0.2) is 158 Å². The van der Waals surface area contributed by atoms with Gasteiger partial charge in [0.05, 0.1) is 0 Å². The molecule has 0 bridgehead atoms. The number of carbonyl (C=O) groups excluding carboxylic acids is 3. The molecule has 0 saturated heterocycles. The van der Waals surface area contributed by atoms with Gasteiger partial charge in [-0.2, -0.15) is 0 Å². The van der Waals surface area contributed by atoms with Gasteiger partial charge < -0.3 is 14.2 Å². The van der Waals surface area contributed by atoms with Gasteiger partial charge >= 0.3 is 17.9 Å². The van der Waals surface area contributed by atoms with Crippen molar-refractivity contribution in [2.24, 2.45) is 0 Å². The second kappa shape index (κ2) is 63.6. The van der Waals surface area contributed by atoms with E-state index >= 15 is 0 Å². The number of esters is 3. The maximum atomic E-state index is 12.9. The molecular formula is C71H112O6. The van der Waals surface area contributed by atoms with Gasteiger partial charge in [-0.25, -0.2) is 0 Å². The van der Waals surface area contributed by atoms with Crippen molar-refractivity contribution in [2.45, 2.75) is 258 Å². The first kappa shape index (κ1) is 72.0. The Morgan fingerprint density at radius 2 is 0.506 bits per heavy atom. The number of allylic oxidation sites excluding steroid dienone is 26. The monoisotopic (exact) mass is 1060 g/mol. The summed E-state index contributed by atoms with van der Waals surface area (Å²) in [5.74, 6) is -0.967. The summed E-state index contributed by atoms with van der Waals surface area (Å²) in [6.07, 6.45) is 92.5. The van der Waals surface area contributed by atoms with Crippen molar-refractivity contribution in [1.29, 1.82) is 0 Å². The van der Waals surface area contributed by atoms with Gasteiger partial charge in [0.15, 0.2) is 6.10 Å². The highest BCUT2D eigenvalue weighted by Gasteiger charge is 2.19. The Labute approximate surface area is 473 Å². The van der Waals surface area contributed by atoms with Gasteiger partial charge in [-0.1, -0.05) is 262 Å². The van der Waals surface area contributed by atoms with E-state index in [-0.39, 0.29) is 37.5 Å². The van der Waals surface area contributed by atoms with E-state index in [1.165, 1.54) is 51.4 Å². The van der Waals surface area contributed by atoms with Crippen molar-refractivity contribution in [1.82, 2.24) is 0 Å². The lowest BCUT2D eigenvalue weighted by Crippen LogP contribution is -2.30. The molecule has 0 aliphatic heterocycles. The Hall–Kier alpha value is -4.97. The Kier molecular flexibility index (Phi) is 59.5. The topological polar surface area (TPSA) is 78.9 Å². The van der Waals surface area contributed by atoms with Crippen LogP contribution >= 0.6 is 0 Å². The second-order valence-electron chi connectivity index (χ2n) is 19.9. The molecular weight excluding hydrogens is 949 g/mol. The fourth-order valence-electron chi connectivity index (χ4n) is 7.95. The summed E-state index contributed by atoms with van der Waals surface area (Å²) in [4.78, 5) is 38.2. The van der Waals surface area contributed by atoms with Crippen molar-refractivity contribution in [3.05, 3.63) is 158 Å². The van der Waals surface area contributed by atoms with Gasteiger partial charge in [0.25, 0.3) is 0 Å². The first-order valence-corrected chi connectivity index (χ1v) is 31.0. The molecule has 0 saturated carbocycles. The largest absolute Gasteiger partial charge is 0.462 e. The molecule has 0 aromatic heterocycles. The molecule has 77 heavy (non-hydrogen) atoms. The predicted molar refractivity (Wildman–Crippen MR) is 334 cm³/mol. The number of unbranched alkanes of at least 4 members (excludes halogenated alkanes) is 17. The maximum absolute atomic E-state index is 12.9. The average molecular weight is 1060 g/mol. The van der Waals surface area contributed by atoms with Gasteiger partial charge in [-0.05, 0) is 128 Å². The van der Waals surface area contributed by atoms with Gasteiger partial charge in [0.2, 0.25) is 0 Å². The molecule has 0 fully saturated rings. The lowest BCUT2D eigenvalue weighted by molar-refractivity contribution is -0.167. The van der Waals surface area contributed by atoms with Crippen LogP contribution < -0.4 is 0 Å². The normalized spacial score (nSPS) is 13.2. The molecule has 0 N–H and O–H groups in total. The van der Waals surface area contributed by atoms with Crippen LogP contribution in [0, 0.1) is 0 Å². The second-order valence-corrected chi connectivity index (χ2v) is 19.9. The third kappa shape index (κ3) is 61.8. The molecule has 0 amide bonds. The van der Waals surface area contributed by atoms with E-state index in [4.69, 9.17) is 14.2 Å². The van der Waals surface area contributed by atoms with Crippen molar-refractivity contribution < 1.29 is 28.6 Å². The quantitative estimate of drug-likeness (QED) is 0.0261. The summed E-state index contributed by atoms with van der Waals surface area (Å²) >= 11 is 0. The van der Waals surface area contributed by atoms with Crippen molar-refractivity contribution in [2.75, 3.05) is 13.2 Å². The molecule has 0 radical (unpaired) electrons. The van der Waals surface area contributed by atoms with E-state index in [9.17, 15) is 14.4 Å². The van der Waals surface area contributed by atoms with Crippen LogP contribution in [0.3, 0.4) is 0 Å². The number of rotatable bonds is 54. The van der Waals surface area contributed by atoms with Crippen LogP contribution in [0.1, 0.15) is 252 Å². The van der Waals surface area contributed by atoms with Crippen LogP contribution in [0.25, 0.3) is 0 Å². The molecule has 6 nitrogen and oxygen atoms in total. The average Bonchev–Trinajstić information content (AvgIpc) is 3.43. The van der Waals surface area contributed by atoms with E-state index in [0.29, 0.717) is 12.8 Å². The summed E-state index contributed by atoms with van der Waals surface area (Å²) in [7, 11) is 0. The predicted octanol–water partition coefficient (Wildman–Crippen LogP) is 21.3. The molecule has 0 aromatic carbocycles. The summed E-state index contributed by atoms with van der Waals surface area (Å²) in [6.45, 7) is 6.35. The summed E-state index contributed by atoms with van der Waals surface area (Å²) in [5.41, 5.74) is 0. The number of ether oxygens (including phenoxy) is 3. The molecule has 0 spiro atoms. The van der Waals surface area contributed by atoms with Crippen molar-refractivity contribution >= 4 is 17.9 Å². The van der Waals surface area contributed by atoms with Gasteiger partial charge in [0.1, 0.15) is 13.2 Å². The van der Waals surface area contributed by atoms with Crippen LogP contribution in [0.2, 0.25) is 0 Å². The summed E-state index contributed by atoms with van der Waals surface area (Å²) in [6, 6.07) is 0. The van der Waals surface area contributed by atoms with E-state index in [2.05, 4.69) is 179 Å². The molecule has 0 rings (SSSR count). The van der Waals surface area contributed by atoms with Crippen LogP contribution in [-0.2, 0) is 28.6 Å². The molecule has 6 heteroatoms. The smallest absolute Gasteiger partial charge is 0.306 e. The van der Waals surface area contributed by atoms with Crippen molar-refractivity contribution in [3.8, 4) is 0 Å². The molecule has 1 unspecified atom stereocenters. The van der Waals surface area contributed by atoms with Gasteiger partial charge in [-0.15, -0.1) is 0 Å². The Bertz CT molecular complexity index is 1740. The highest BCUT2D eigenvalue weighted by Crippen LogP contribution is 2.14. The SMILES string of the molecule is CC/C=C\C/C=C\C/C=C\C/C=C\C/C=C\C/C=C\C/C=C\C/C=C\C/C=C\CCCCCC(=O)OCC(COC(=O)CCCCCCCCCCCCC)OC(=O)CCCCCC/C=C\C/C=C\C/C=C\C/C=C\CC. The van der Waals surface area contributed by atoms with E-state index in [1.807, 2.05) is 0 Å².